The predicted molar refractivity (Wildman–Crippen MR) is 75.2 cm³/mol. The van der Waals surface area contributed by atoms with Gasteiger partial charge < -0.3 is 15.6 Å². The van der Waals surface area contributed by atoms with Crippen molar-refractivity contribution in [2.75, 3.05) is 13.7 Å². The Labute approximate surface area is 118 Å². The Balaban J connectivity index is 3.16. The molecule has 0 aromatic heterocycles. The van der Waals surface area contributed by atoms with E-state index < -0.39 is 17.2 Å². The number of hydrogen-bond donors (Lipinski definition) is 2. The van der Waals surface area contributed by atoms with Gasteiger partial charge in [0.1, 0.15) is 0 Å². The zero-order chi connectivity index (χ0) is 15.3. The number of methoxy groups -OCH3 is 1. The van der Waals surface area contributed by atoms with Crippen LogP contribution in [-0.2, 0) is 11.2 Å². The topological polar surface area (TPSA) is 72.5 Å². The zero-order valence-corrected chi connectivity index (χ0v) is 12.1. The van der Waals surface area contributed by atoms with E-state index in [0.717, 1.165) is 0 Å². The number of aliphatic carboxylic acids is 1. The summed E-state index contributed by atoms with van der Waals surface area (Å²) in [6.07, 6.45) is 0.454. The third-order valence-corrected chi connectivity index (χ3v) is 3.44. The highest BCUT2D eigenvalue weighted by Gasteiger charge is 2.38. The average molecular weight is 283 g/mol. The summed E-state index contributed by atoms with van der Waals surface area (Å²) in [6, 6.07) is 4.73. The lowest BCUT2D eigenvalue weighted by Crippen LogP contribution is -2.42. The summed E-state index contributed by atoms with van der Waals surface area (Å²) < 4.78 is 19.1. The number of carboxylic acid groups (broad SMARTS) is 1. The van der Waals surface area contributed by atoms with Crippen LogP contribution >= 0.6 is 0 Å². The quantitative estimate of drug-likeness (QED) is 0.806. The van der Waals surface area contributed by atoms with E-state index in [4.69, 9.17) is 10.5 Å². The van der Waals surface area contributed by atoms with E-state index in [9.17, 15) is 14.3 Å². The molecule has 0 saturated carbocycles. The molecule has 0 aliphatic heterocycles. The Kier molecular flexibility index (Phi) is 5.51. The van der Waals surface area contributed by atoms with Crippen molar-refractivity contribution in [1.29, 1.82) is 0 Å². The number of carbonyl (C=O) groups is 1. The lowest BCUT2D eigenvalue weighted by Gasteiger charge is -2.30. The van der Waals surface area contributed by atoms with E-state index in [1.54, 1.807) is 12.1 Å². The van der Waals surface area contributed by atoms with Crippen LogP contribution in [0.2, 0.25) is 0 Å². The molecule has 0 amide bonds. The number of nitrogens with two attached hydrogens (primary N) is 1. The minimum Gasteiger partial charge on any atom is -0.494 e. The first kappa shape index (κ1) is 16.4. The molecule has 0 heterocycles. The highest BCUT2D eigenvalue weighted by molar-refractivity contribution is 5.75. The largest absolute Gasteiger partial charge is 0.494 e. The Morgan fingerprint density at radius 3 is 2.60 bits per heavy atom. The molecule has 1 aromatic rings. The van der Waals surface area contributed by atoms with Gasteiger partial charge in [-0.15, -0.1) is 0 Å². The molecule has 112 valence electrons. The first-order valence-corrected chi connectivity index (χ1v) is 6.61. The number of carboxylic acids is 1. The molecule has 1 unspecified atom stereocenters. The molecule has 0 aliphatic carbocycles. The van der Waals surface area contributed by atoms with Gasteiger partial charge in [0.25, 0.3) is 0 Å². The molecular weight excluding hydrogens is 261 g/mol. The van der Waals surface area contributed by atoms with Gasteiger partial charge in [0.05, 0.1) is 12.5 Å². The molecular formula is C15H22FNO3. The van der Waals surface area contributed by atoms with Gasteiger partial charge in [-0.1, -0.05) is 26.0 Å². The zero-order valence-electron chi connectivity index (χ0n) is 12.1. The summed E-state index contributed by atoms with van der Waals surface area (Å²) in [5, 5.41) is 9.52. The number of benzene rings is 1. The molecule has 0 aliphatic rings. The summed E-state index contributed by atoms with van der Waals surface area (Å²) in [7, 11) is 1.38. The maximum Gasteiger partial charge on any atom is 0.311 e. The first-order valence-electron chi connectivity index (χ1n) is 6.61. The van der Waals surface area contributed by atoms with E-state index >= 15 is 0 Å². The van der Waals surface area contributed by atoms with Gasteiger partial charge >= 0.3 is 5.97 Å². The highest BCUT2D eigenvalue weighted by atomic mass is 19.1. The second kappa shape index (κ2) is 6.70. The van der Waals surface area contributed by atoms with E-state index in [0.29, 0.717) is 12.0 Å². The fourth-order valence-corrected chi connectivity index (χ4v) is 2.47. The van der Waals surface area contributed by atoms with Crippen LogP contribution in [0, 0.1) is 17.2 Å². The van der Waals surface area contributed by atoms with E-state index in [1.807, 2.05) is 13.8 Å². The summed E-state index contributed by atoms with van der Waals surface area (Å²) in [5.74, 6) is -1.24. The SMILES string of the molecule is COc1cccc(CC(CN)(CC(C)C)C(=O)O)c1F. The minimum absolute atomic E-state index is 0.0306. The molecule has 3 N–H and O–H groups in total. The van der Waals surface area contributed by atoms with Gasteiger partial charge in [-0.25, -0.2) is 4.39 Å². The summed E-state index contributed by atoms with van der Waals surface area (Å²) in [5.41, 5.74) is 4.86. The molecule has 1 aromatic carbocycles. The smallest absolute Gasteiger partial charge is 0.311 e. The van der Waals surface area contributed by atoms with Gasteiger partial charge in [-0.3, -0.25) is 4.79 Å². The van der Waals surface area contributed by atoms with Gasteiger partial charge in [0.2, 0.25) is 0 Å². The Bertz CT molecular complexity index is 476. The van der Waals surface area contributed by atoms with Gasteiger partial charge in [-0.05, 0) is 30.4 Å². The van der Waals surface area contributed by atoms with Crippen LogP contribution in [0.15, 0.2) is 18.2 Å². The summed E-state index contributed by atoms with van der Waals surface area (Å²) in [4.78, 5) is 11.6. The second-order valence-electron chi connectivity index (χ2n) is 5.50. The van der Waals surface area contributed by atoms with E-state index in [2.05, 4.69) is 0 Å². The van der Waals surface area contributed by atoms with Crippen LogP contribution in [0.5, 0.6) is 5.75 Å². The summed E-state index contributed by atoms with van der Waals surface area (Å²) in [6.45, 7) is 3.82. The van der Waals surface area contributed by atoms with Crippen LogP contribution in [0.3, 0.4) is 0 Å². The molecule has 0 bridgehead atoms. The standard InChI is InChI=1S/C15H22FNO3/c1-10(2)7-15(9-17,14(18)19)8-11-5-4-6-12(20-3)13(11)16/h4-6,10H,7-9,17H2,1-3H3,(H,18,19). The van der Waals surface area contributed by atoms with Crippen LogP contribution in [-0.4, -0.2) is 24.7 Å². The van der Waals surface area contributed by atoms with E-state index in [1.165, 1.54) is 13.2 Å². The lowest BCUT2D eigenvalue weighted by molar-refractivity contribution is -0.149. The second-order valence-corrected chi connectivity index (χ2v) is 5.50. The molecule has 0 saturated heterocycles. The molecule has 0 spiro atoms. The molecule has 1 rings (SSSR count). The number of ether oxygens (including phenoxy) is 1. The molecule has 1 atom stereocenters. The number of hydrogen-bond acceptors (Lipinski definition) is 3. The van der Waals surface area contributed by atoms with E-state index in [-0.39, 0.29) is 24.6 Å². The van der Waals surface area contributed by atoms with Crippen molar-refractivity contribution in [2.24, 2.45) is 17.1 Å². The molecule has 4 nitrogen and oxygen atoms in total. The summed E-state index contributed by atoms with van der Waals surface area (Å²) >= 11 is 0. The number of halogens is 1. The van der Waals surface area contributed by atoms with Gasteiger partial charge in [-0.2, -0.15) is 0 Å². The van der Waals surface area contributed by atoms with Crippen LogP contribution in [0.25, 0.3) is 0 Å². The van der Waals surface area contributed by atoms with Gasteiger partial charge in [0, 0.05) is 6.54 Å². The fourth-order valence-electron chi connectivity index (χ4n) is 2.47. The Hall–Kier alpha value is -1.62. The maximum absolute atomic E-state index is 14.2. The van der Waals surface area contributed by atoms with Crippen LogP contribution in [0.4, 0.5) is 4.39 Å². The average Bonchev–Trinajstić information content (AvgIpc) is 2.39. The fraction of sp³-hybridized carbons (Fsp3) is 0.533. The minimum atomic E-state index is -1.15. The van der Waals surface area contributed by atoms with Crippen molar-refractivity contribution in [3.63, 3.8) is 0 Å². The van der Waals surface area contributed by atoms with Crippen molar-refractivity contribution in [1.82, 2.24) is 0 Å². The third-order valence-electron chi connectivity index (χ3n) is 3.44. The van der Waals surface area contributed by atoms with Crippen LogP contribution in [0.1, 0.15) is 25.8 Å². The number of rotatable bonds is 7. The van der Waals surface area contributed by atoms with Crippen molar-refractivity contribution >= 4 is 5.97 Å². The maximum atomic E-state index is 14.2. The first-order chi connectivity index (χ1) is 9.36. The Morgan fingerprint density at radius 2 is 2.15 bits per heavy atom. The molecule has 0 fully saturated rings. The van der Waals surface area contributed by atoms with Gasteiger partial charge in [0.15, 0.2) is 11.6 Å². The van der Waals surface area contributed by atoms with Crippen molar-refractivity contribution < 1.29 is 19.0 Å². The molecule has 5 heteroatoms. The van der Waals surface area contributed by atoms with Crippen molar-refractivity contribution in [3.8, 4) is 5.75 Å². The van der Waals surface area contributed by atoms with Crippen molar-refractivity contribution in [3.05, 3.63) is 29.6 Å². The predicted octanol–water partition coefficient (Wildman–Crippen LogP) is 2.45. The van der Waals surface area contributed by atoms with Crippen molar-refractivity contribution in [2.45, 2.75) is 26.7 Å². The third kappa shape index (κ3) is 3.48. The normalized spacial score (nSPS) is 14.1. The molecule has 20 heavy (non-hydrogen) atoms. The van der Waals surface area contributed by atoms with Crippen LogP contribution < -0.4 is 10.5 Å². The molecule has 0 radical (unpaired) electrons. The highest BCUT2D eigenvalue weighted by Crippen LogP contribution is 2.33. The monoisotopic (exact) mass is 283 g/mol. The lowest BCUT2D eigenvalue weighted by atomic mass is 9.75. The Morgan fingerprint density at radius 1 is 1.50 bits per heavy atom.